The Labute approximate surface area is 130 Å². The molecule has 0 spiro atoms. The van der Waals surface area contributed by atoms with Gasteiger partial charge in [0.15, 0.2) is 0 Å². The van der Waals surface area contributed by atoms with Crippen molar-refractivity contribution in [1.82, 2.24) is 4.98 Å². The first-order valence-corrected chi connectivity index (χ1v) is 8.41. The standard InChI is InChI=1S/C16H14BrNOS/c17-9-10-19-13-7-5-12(6-8-13)11-16-18-14-3-1-2-4-15(14)20-16/h1-8H,9-11H2. The summed E-state index contributed by atoms with van der Waals surface area (Å²) in [4.78, 5) is 4.66. The number of benzene rings is 2. The first kappa shape index (κ1) is 13.6. The van der Waals surface area contributed by atoms with Gasteiger partial charge < -0.3 is 4.74 Å². The molecule has 0 unspecified atom stereocenters. The van der Waals surface area contributed by atoms with Crippen molar-refractivity contribution in [2.24, 2.45) is 0 Å². The van der Waals surface area contributed by atoms with Crippen molar-refractivity contribution in [2.45, 2.75) is 6.42 Å². The van der Waals surface area contributed by atoms with Crippen molar-refractivity contribution in [2.75, 3.05) is 11.9 Å². The highest BCUT2D eigenvalue weighted by Gasteiger charge is 2.04. The van der Waals surface area contributed by atoms with Crippen molar-refractivity contribution in [3.05, 3.63) is 59.1 Å². The molecule has 4 heteroatoms. The number of ether oxygens (including phenoxy) is 1. The summed E-state index contributed by atoms with van der Waals surface area (Å²) in [5, 5.41) is 2.00. The van der Waals surface area contributed by atoms with E-state index in [2.05, 4.69) is 51.2 Å². The fraction of sp³-hybridized carbons (Fsp3) is 0.188. The van der Waals surface area contributed by atoms with Gasteiger partial charge in [-0.2, -0.15) is 0 Å². The Hall–Kier alpha value is -1.39. The number of hydrogen-bond acceptors (Lipinski definition) is 3. The number of fused-ring (bicyclic) bond motifs is 1. The van der Waals surface area contributed by atoms with Gasteiger partial charge in [0.2, 0.25) is 0 Å². The molecule has 20 heavy (non-hydrogen) atoms. The van der Waals surface area contributed by atoms with Crippen LogP contribution in [0.15, 0.2) is 48.5 Å². The largest absolute Gasteiger partial charge is 0.493 e. The summed E-state index contributed by atoms with van der Waals surface area (Å²) in [6, 6.07) is 16.5. The Kier molecular flexibility index (Phi) is 4.33. The third-order valence-electron chi connectivity index (χ3n) is 2.96. The molecular weight excluding hydrogens is 334 g/mol. The van der Waals surface area contributed by atoms with E-state index in [0.717, 1.165) is 28.0 Å². The molecule has 2 nitrogen and oxygen atoms in total. The number of para-hydroxylation sites is 1. The zero-order valence-corrected chi connectivity index (χ0v) is 13.3. The average Bonchev–Trinajstić information content (AvgIpc) is 2.89. The van der Waals surface area contributed by atoms with Gasteiger partial charge in [0.25, 0.3) is 0 Å². The Bertz CT molecular complexity index is 660. The van der Waals surface area contributed by atoms with Gasteiger partial charge in [0.1, 0.15) is 5.75 Å². The van der Waals surface area contributed by atoms with Gasteiger partial charge in [0.05, 0.1) is 21.8 Å². The van der Waals surface area contributed by atoms with Crippen molar-refractivity contribution < 1.29 is 4.74 Å². The molecule has 3 rings (SSSR count). The molecule has 3 aromatic rings. The third-order valence-corrected chi connectivity index (χ3v) is 4.32. The quantitative estimate of drug-likeness (QED) is 0.626. The van der Waals surface area contributed by atoms with Gasteiger partial charge in [-0.05, 0) is 29.8 Å². The molecule has 0 atom stereocenters. The van der Waals surface area contributed by atoms with Crippen LogP contribution >= 0.6 is 27.3 Å². The van der Waals surface area contributed by atoms with E-state index in [1.165, 1.54) is 10.3 Å². The lowest BCUT2D eigenvalue weighted by molar-refractivity contribution is 0.345. The zero-order chi connectivity index (χ0) is 13.8. The van der Waals surface area contributed by atoms with Crippen LogP contribution in [0.1, 0.15) is 10.6 Å². The average molecular weight is 348 g/mol. The van der Waals surface area contributed by atoms with Crippen LogP contribution in [0.5, 0.6) is 5.75 Å². The zero-order valence-electron chi connectivity index (χ0n) is 10.9. The van der Waals surface area contributed by atoms with E-state index < -0.39 is 0 Å². The molecule has 2 aromatic carbocycles. The summed E-state index contributed by atoms with van der Waals surface area (Å²) in [6.45, 7) is 0.692. The normalized spacial score (nSPS) is 10.8. The van der Waals surface area contributed by atoms with Crippen molar-refractivity contribution in [3.63, 3.8) is 0 Å². The van der Waals surface area contributed by atoms with Crippen LogP contribution in [0.2, 0.25) is 0 Å². The summed E-state index contributed by atoms with van der Waals surface area (Å²) in [7, 11) is 0. The fourth-order valence-corrected chi connectivity index (χ4v) is 3.19. The van der Waals surface area contributed by atoms with E-state index in [4.69, 9.17) is 4.74 Å². The van der Waals surface area contributed by atoms with E-state index in [0.29, 0.717) is 6.61 Å². The van der Waals surface area contributed by atoms with Crippen molar-refractivity contribution in [1.29, 1.82) is 0 Å². The number of nitrogens with zero attached hydrogens (tertiary/aromatic N) is 1. The molecule has 0 N–H and O–H groups in total. The molecule has 0 fully saturated rings. The van der Waals surface area contributed by atoms with Gasteiger partial charge in [-0.15, -0.1) is 11.3 Å². The molecule has 0 aliphatic carbocycles. The second-order valence-corrected chi connectivity index (χ2v) is 6.34. The van der Waals surface area contributed by atoms with E-state index >= 15 is 0 Å². The number of halogens is 1. The SMILES string of the molecule is BrCCOc1ccc(Cc2nc3ccccc3s2)cc1. The van der Waals surface area contributed by atoms with Gasteiger partial charge in [0, 0.05) is 11.8 Å². The Morgan fingerprint density at radius 1 is 1.05 bits per heavy atom. The van der Waals surface area contributed by atoms with E-state index in [1.54, 1.807) is 11.3 Å². The lowest BCUT2D eigenvalue weighted by Gasteiger charge is -2.04. The maximum Gasteiger partial charge on any atom is 0.119 e. The predicted molar refractivity (Wildman–Crippen MR) is 88.2 cm³/mol. The van der Waals surface area contributed by atoms with Crippen LogP contribution < -0.4 is 4.74 Å². The molecule has 102 valence electrons. The summed E-state index contributed by atoms with van der Waals surface area (Å²) in [5.41, 5.74) is 2.35. The minimum absolute atomic E-state index is 0.692. The van der Waals surface area contributed by atoms with Crippen LogP contribution in [-0.4, -0.2) is 16.9 Å². The smallest absolute Gasteiger partial charge is 0.119 e. The lowest BCUT2D eigenvalue weighted by Crippen LogP contribution is -1.97. The van der Waals surface area contributed by atoms with E-state index in [-0.39, 0.29) is 0 Å². The van der Waals surface area contributed by atoms with Crippen molar-refractivity contribution in [3.8, 4) is 5.75 Å². The van der Waals surface area contributed by atoms with Gasteiger partial charge in [-0.3, -0.25) is 0 Å². The summed E-state index contributed by atoms with van der Waals surface area (Å²) in [5.74, 6) is 0.914. The number of hydrogen-bond donors (Lipinski definition) is 0. The maximum atomic E-state index is 5.55. The van der Waals surface area contributed by atoms with E-state index in [1.807, 2.05) is 18.2 Å². The topological polar surface area (TPSA) is 22.1 Å². The van der Waals surface area contributed by atoms with E-state index in [9.17, 15) is 0 Å². The summed E-state index contributed by atoms with van der Waals surface area (Å²) < 4.78 is 6.80. The highest BCUT2D eigenvalue weighted by molar-refractivity contribution is 9.09. The predicted octanol–water partition coefficient (Wildman–Crippen LogP) is 4.66. The van der Waals surface area contributed by atoms with Crippen LogP contribution in [0.25, 0.3) is 10.2 Å². The molecule has 0 aliphatic heterocycles. The van der Waals surface area contributed by atoms with Crippen LogP contribution in [-0.2, 0) is 6.42 Å². The monoisotopic (exact) mass is 347 g/mol. The second-order valence-electron chi connectivity index (χ2n) is 4.43. The molecule has 0 radical (unpaired) electrons. The number of thiazole rings is 1. The van der Waals surface area contributed by atoms with Crippen LogP contribution in [0, 0.1) is 0 Å². The van der Waals surface area contributed by atoms with Gasteiger partial charge in [-0.1, -0.05) is 40.2 Å². The Morgan fingerprint density at radius 3 is 2.60 bits per heavy atom. The molecule has 0 aliphatic rings. The maximum absolute atomic E-state index is 5.55. The Morgan fingerprint density at radius 2 is 1.85 bits per heavy atom. The Balaban J connectivity index is 1.73. The minimum Gasteiger partial charge on any atom is -0.493 e. The molecule has 0 bridgehead atoms. The molecule has 1 heterocycles. The molecule has 0 saturated heterocycles. The summed E-state index contributed by atoms with van der Waals surface area (Å²) >= 11 is 5.11. The van der Waals surface area contributed by atoms with Crippen LogP contribution in [0.3, 0.4) is 0 Å². The lowest BCUT2D eigenvalue weighted by atomic mass is 10.1. The van der Waals surface area contributed by atoms with Gasteiger partial charge >= 0.3 is 0 Å². The number of aromatic nitrogens is 1. The van der Waals surface area contributed by atoms with Gasteiger partial charge in [-0.25, -0.2) is 4.98 Å². The third kappa shape index (κ3) is 3.19. The molecule has 0 amide bonds. The minimum atomic E-state index is 0.692. The molecular formula is C16H14BrNOS. The first-order chi connectivity index (χ1) is 9.85. The molecule has 0 saturated carbocycles. The summed E-state index contributed by atoms with van der Waals surface area (Å²) in [6.07, 6.45) is 0.873. The fourth-order valence-electron chi connectivity index (χ4n) is 2.03. The molecule has 1 aromatic heterocycles. The first-order valence-electron chi connectivity index (χ1n) is 6.47. The van der Waals surface area contributed by atoms with Crippen molar-refractivity contribution >= 4 is 37.5 Å². The second kappa shape index (κ2) is 6.37. The number of alkyl halides is 1. The highest BCUT2D eigenvalue weighted by Crippen LogP contribution is 2.24. The number of rotatable bonds is 5. The highest BCUT2D eigenvalue weighted by atomic mass is 79.9. The van der Waals surface area contributed by atoms with Crippen LogP contribution in [0.4, 0.5) is 0 Å².